The number of ether oxygens (including phenoxy) is 1. The normalized spacial score (nSPS) is 15.6. The molecule has 8 nitrogen and oxygen atoms in total. The van der Waals surface area contributed by atoms with E-state index in [1.54, 1.807) is 36.4 Å². The molecule has 1 fully saturated rings. The van der Waals surface area contributed by atoms with Crippen LogP contribution in [0.15, 0.2) is 59.5 Å². The number of hydrogen-bond donors (Lipinski definition) is 2. The molecule has 0 bridgehead atoms. The Morgan fingerprint density at radius 1 is 1.07 bits per heavy atom. The van der Waals surface area contributed by atoms with E-state index < -0.39 is 34.6 Å². The molecule has 0 aromatic heterocycles. The first-order valence-electron chi connectivity index (χ1n) is 9.17. The molecule has 29 heavy (non-hydrogen) atoms. The number of nitrogens with one attached hydrogen (secondary N) is 1. The molecule has 2 N–H and O–H groups in total. The van der Waals surface area contributed by atoms with Gasteiger partial charge in [-0.15, -0.1) is 0 Å². The summed E-state index contributed by atoms with van der Waals surface area (Å²) in [7, 11) is -3.60. The Kier molecular flexibility index (Phi) is 6.63. The predicted molar refractivity (Wildman–Crippen MR) is 105 cm³/mol. The Morgan fingerprint density at radius 2 is 1.76 bits per heavy atom. The summed E-state index contributed by atoms with van der Waals surface area (Å²) in [5.74, 6) is -1.59. The molecule has 2 aromatic carbocycles. The number of anilines is 1. The number of esters is 1. The molecule has 1 aliphatic rings. The first-order chi connectivity index (χ1) is 13.9. The van der Waals surface area contributed by atoms with E-state index in [-0.39, 0.29) is 10.6 Å². The number of benzene rings is 2. The second-order valence-corrected chi connectivity index (χ2v) is 8.55. The Hall–Kier alpha value is -2.75. The zero-order chi connectivity index (χ0) is 20.9. The average Bonchev–Trinajstić information content (AvgIpc) is 3.28. The van der Waals surface area contributed by atoms with E-state index >= 15 is 0 Å². The first-order valence-corrected chi connectivity index (χ1v) is 10.6. The molecular formula is C20H22N2O6S. The Balaban J connectivity index is 1.57. The molecular weight excluding hydrogens is 396 g/mol. The van der Waals surface area contributed by atoms with Crippen molar-refractivity contribution in [3.05, 3.63) is 60.2 Å². The lowest BCUT2D eigenvalue weighted by molar-refractivity contribution is -0.156. The van der Waals surface area contributed by atoms with Crippen LogP contribution in [0, 0.1) is 0 Å². The number of hydrogen-bond acceptors (Lipinski definition) is 6. The van der Waals surface area contributed by atoms with Gasteiger partial charge in [0.25, 0.3) is 5.91 Å². The molecule has 1 atom stereocenters. The second-order valence-electron chi connectivity index (χ2n) is 6.61. The van der Waals surface area contributed by atoms with E-state index in [4.69, 9.17) is 4.74 Å². The fraction of sp³-hybridized carbons (Fsp3) is 0.300. The van der Waals surface area contributed by atoms with Crippen LogP contribution in [0.25, 0.3) is 0 Å². The number of aliphatic hydroxyl groups is 1. The van der Waals surface area contributed by atoms with E-state index in [0.717, 1.165) is 12.8 Å². The molecule has 1 amide bonds. The summed E-state index contributed by atoms with van der Waals surface area (Å²) >= 11 is 0. The van der Waals surface area contributed by atoms with Gasteiger partial charge in [-0.1, -0.05) is 36.4 Å². The van der Waals surface area contributed by atoms with Crippen molar-refractivity contribution in [2.24, 2.45) is 0 Å². The van der Waals surface area contributed by atoms with Crippen molar-refractivity contribution in [2.45, 2.75) is 23.8 Å². The highest BCUT2D eigenvalue weighted by Crippen LogP contribution is 2.23. The van der Waals surface area contributed by atoms with Gasteiger partial charge in [-0.2, -0.15) is 4.31 Å². The highest BCUT2D eigenvalue weighted by molar-refractivity contribution is 7.89. The van der Waals surface area contributed by atoms with Crippen molar-refractivity contribution >= 4 is 27.6 Å². The summed E-state index contributed by atoms with van der Waals surface area (Å²) in [6.07, 6.45) is 0.170. The highest BCUT2D eigenvalue weighted by Gasteiger charge is 2.27. The molecule has 1 heterocycles. The van der Waals surface area contributed by atoms with Crippen molar-refractivity contribution < 1.29 is 27.9 Å². The quantitative estimate of drug-likeness (QED) is 0.662. The second kappa shape index (κ2) is 9.17. The smallest absolute Gasteiger partial charge is 0.340 e. The Labute approximate surface area is 169 Å². The minimum atomic E-state index is -3.60. The van der Waals surface area contributed by atoms with Crippen LogP contribution in [0.5, 0.6) is 0 Å². The number of sulfonamides is 1. The molecule has 154 valence electrons. The largest absolute Gasteiger partial charge is 0.453 e. The molecule has 1 saturated heterocycles. The lowest BCUT2D eigenvalue weighted by Crippen LogP contribution is -2.28. The van der Waals surface area contributed by atoms with Gasteiger partial charge in [-0.05, 0) is 36.6 Å². The van der Waals surface area contributed by atoms with Gasteiger partial charge in [0.15, 0.2) is 12.7 Å². The van der Waals surface area contributed by atoms with Gasteiger partial charge in [-0.25, -0.2) is 13.2 Å². The minimum Gasteiger partial charge on any atom is -0.453 e. The third kappa shape index (κ3) is 5.20. The van der Waals surface area contributed by atoms with E-state index in [1.807, 2.05) is 0 Å². The molecule has 2 aromatic rings. The first kappa shape index (κ1) is 21.0. The van der Waals surface area contributed by atoms with Crippen LogP contribution in [0.3, 0.4) is 0 Å². The maximum Gasteiger partial charge on any atom is 0.340 e. The predicted octanol–water partition coefficient (Wildman–Crippen LogP) is 1.69. The molecule has 0 radical (unpaired) electrons. The summed E-state index contributed by atoms with van der Waals surface area (Å²) in [6.45, 7) is 0.364. The Bertz CT molecular complexity index is 971. The summed E-state index contributed by atoms with van der Waals surface area (Å²) < 4.78 is 31.5. The van der Waals surface area contributed by atoms with Crippen molar-refractivity contribution in [3.8, 4) is 0 Å². The molecule has 0 saturated carbocycles. The SMILES string of the molecule is O=C(COC(=O)[C@H](O)c1ccccc1)Nc1cccc(S(=O)(=O)N2CCCC2)c1. The fourth-order valence-electron chi connectivity index (χ4n) is 3.00. The van der Waals surface area contributed by atoms with Crippen LogP contribution in [-0.4, -0.2) is 49.4 Å². The number of carbonyl (C=O) groups excluding carboxylic acids is 2. The van der Waals surface area contributed by atoms with E-state index in [0.29, 0.717) is 18.7 Å². The summed E-state index contributed by atoms with van der Waals surface area (Å²) in [6, 6.07) is 14.1. The van der Waals surface area contributed by atoms with E-state index in [1.165, 1.54) is 22.5 Å². The number of amides is 1. The topological polar surface area (TPSA) is 113 Å². The standard InChI is InChI=1S/C20H22N2O6S/c23-18(14-28-20(25)19(24)15-7-2-1-3-8-15)21-16-9-6-10-17(13-16)29(26,27)22-11-4-5-12-22/h1-3,6-10,13,19,24H,4-5,11-12,14H2,(H,21,23)/t19-/m1/s1. The van der Waals surface area contributed by atoms with Crippen molar-refractivity contribution in [2.75, 3.05) is 25.0 Å². The lowest BCUT2D eigenvalue weighted by Gasteiger charge is -2.16. The van der Waals surface area contributed by atoms with Crippen LogP contribution in [0.4, 0.5) is 5.69 Å². The zero-order valence-electron chi connectivity index (χ0n) is 15.7. The van der Waals surface area contributed by atoms with Gasteiger partial charge in [-0.3, -0.25) is 4.79 Å². The van der Waals surface area contributed by atoms with E-state index in [2.05, 4.69) is 5.32 Å². The van der Waals surface area contributed by atoms with Gasteiger partial charge in [0.1, 0.15) is 0 Å². The van der Waals surface area contributed by atoms with Crippen LogP contribution in [0.2, 0.25) is 0 Å². The van der Waals surface area contributed by atoms with E-state index in [9.17, 15) is 23.1 Å². The number of carbonyl (C=O) groups is 2. The molecule has 0 aliphatic carbocycles. The monoisotopic (exact) mass is 418 g/mol. The third-order valence-electron chi connectivity index (χ3n) is 4.50. The van der Waals surface area contributed by atoms with Crippen LogP contribution in [-0.2, 0) is 24.3 Å². The number of rotatable bonds is 7. The van der Waals surface area contributed by atoms with Crippen molar-refractivity contribution in [3.63, 3.8) is 0 Å². The lowest BCUT2D eigenvalue weighted by atomic mass is 10.1. The van der Waals surface area contributed by atoms with Crippen LogP contribution >= 0.6 is 0 Å². The fourth-order valence-corrected chi connectivity index (χ4v) is 4.56. The third-order valence-corrected chi connectivity index (χ3v) is 6.40. The number of nitrogens with zero attached hydrogens (tertiary/aromatic N) is 1. The molecule has 1 aliphatic heterocycles. The van der Waals surface area contributed by atoms with Crippen LogP contribution in [0.1, 0.15) is 24.5 Å². The summed E-state index contributed by atoms with van der Waals surface area (Å²) in [5, 5.41) is 12.4. The molecule has 0 unspecified atom stereocenters. The Morgan fingerprint density at radius 3 is 2.45 bits per heavy atom. The maximum absolute atomic E-state index is 12.6. The van der Waals surface area contributed by atoms with Crippen molar-refractivity contribution in [1.29, 1.82) is 0 Å². The highest BCUT2D eigenvalue weighted by atomic mass is 32.2. The van der Waals surface area contributed by atoms with Crippen LogP contribution < -0.4 is 5.32 Å². The van der Waals surface area contributed by atoms with Gasteiger partial charge in [0.05, 0.1) is 4.90 Å². The molecule has 0 spiro atoms. The van der Waals surface area contributed by atoms with Gasteiger partial charge >= 0.3 is 5.97 Å². The molecule has 9 heteroatoms. The summed E-state index contributed by atoms with van der Waals surface area (Å²) in [4.78, 5) is 24.1. The van der Waals surface area contributed by atoms with Crippen molar-refractivity contribution in [1.82, 2.24) is 4.31 Å². The minimum absolute atomic E-state index is 0.0914. The van der Waals surface area contributed by atoms with Gasteiger partial charge in [0, 0.05) is 18.8 Å². The summed E-state index contributed by atoms with van der Waals surface area (Å²) in [5.41, 5.74) is 0.632. The zero-order valence-corrected chi connectivity index (χ0v) is 16.5. The van der Waals surface area contributed by atoms with Gasteiger partial charge < -0.3 is 15.2 Å². The molecule has 3 rings (SSSR count). The average molecular weight is 418 g/mol. The number of aliphatic hydroxyl groups excluding tert-OH is 1. The van der Waals surface area contributed by atoms with Gasteiger partial charge in [0.2, 0.25) is 10.0 Å². The maximum atomic E-state index is 12.6.